The summed E-state index contributed by atoms with van der Waals surface area (Å²) in [6, 6.07) is 0.746. The first kappa shape index (κ1) is 12.4. The van der Waals surface area contributed by atoms with Gasteiger partial charge >= 0.3 is 0 Å². The van der Waals surface area contributed by atoms with E-state index in [0.29, 0.717) is 5.41 Å². The van der Waals surface area contributed by atoms with E-state index in [2.05, 4.69) is 31.1 Å². The molecule has 2 fully saturated rings. The van der Waals surface area contributed by atoms with Crippen molar-refractivity contribution < 1.29 is 0 Å². The van der Waals surface area contributed by atoms with Crippen LogP contribution in [0.3, 0.4) is 0 Å². The average Bonchev–Trinajstić information content (AvgIpc) is 2.24. The Morgan fingerprint density at radius 2 is 2.12 bits per heavy atom. The minimum atomic E-state index is 0.701. The normalized spacial score (nSPS) is 34.7. The molecular formula is C14H28N2. The third-order valence-corrected chi connectivity index (χ3v) is 5.08. The van der Waals surface area contributed by atoms with Crippen molar-refractivity contribution in [2.75, 3.05) is 26.7 Å². The zero-order valence-electron chi connectivity index (χ0n) is 11.3. The van der Waals surface area contributed by atoms with Crippen LogP contribution in [0.1, 0.15) is 46.0 Å². The summed E-state index contributed by atoms with van der Waals surface area (Å²) in [5.74, 6) is 0.813. The van der Waals surface area contributed by atoms with Crippen LogP contribution in [0.15, 0.2) is 0 Å². The smallest absolute Gasteiger partial charge is 0.0114 e. The van der Waals surface area contributed by atoms with Crippen LogP contribution >= 0.6 is 0 Å². The summed E-state index contributed by atoms with van der Waals surface area (Å²) in [5, 5.41) is 3.45. The first-order valence-electron chi connectivity index (χ1n) is 7.09. The van der Waals surface area contributed by atoms with Crippen LogP contribution in [0.4, 0.5) is 0 Å². The predicted octanol–water partition coefficient (Wildman–Crippen LogP) is 2.50. The molecule has 94 valence electrons. The maximum absolute atomic E-state index is 3.45. The van der Waals surface area contributed by atoms with E-state index in [-0.39, 0.29) is 0 Å². The third kappa shape index (κ3) is 2.43. The van der Waals surface area contributed by atoms with Crippen LogP contribution in [-0.4, -0.2) is 37.6 Å². The Morgan fingerprint density at radius 1 is 1.38 bits per heavy atom. The van der Waals surface area contributed by atoms with Gasteiger partial charge in [-0.15, -0.1) is 0 Å². The molecule has 2 nitrogen and oxygen atoms in total. The predicted molar refractivity (Wildman–Crippen MR) is 69.6 cm³/mol. The van der Waals surface area contributed by atoms with Gasteiger partial charge in [-0.25, -0.2) is 0 Å². The second-order valence-corrected chi connectivity index (χ2v) is 6.10. The van der Waals surface area contributed by atoms with Gasteiger partial charge < -0.3 is 10.2 Å². The molecule has 0 aromatic heterocycles. The maximum atomic E-state index is 3.45. The van der Waals surface area contributed by atoms with E-state index < -0.39 is 0 Å². The van der Waals surface area contributed by atoms with E-state index in [4.69, 9.17) is 0 Å². The van der Waals surface area contributed by atoms with Crippen molar-refractivity contribution in [1.82, 2.24) is 10.2 Å². The fourth-order valence-electron chi connectivity index (χ4n) is 3.58. The fraction of sp³-hybridized carbons (Fsp3) is 1.00. The van der Waals surface area contributed by atoms with Crippen LogP contribution < -0.4 is 5.32 Å². The molecule has 0 aromatic rings. The summed E-state index contributed by atoms with van der Waals surface area (Å²) in [6.07, 6.45) is 7.13. The zero-order valence-corrected chi connectivity index (χ0v) is 11.3. The summed E-state index contributed by atoms with van der Waals surface area (Å²) >= 11 is 0. The van der Waals surface area contributed by atoms with E-state index in [0.717, 1.165) is 12.0 Å². The standard InChI is InChI=1S/C14H28N2/c1-4-14(7-5-8-14)11-16-9-6-13(15-3)12(2)10-16/h12-13,15H,4-11H2,1-3H3. The zero-order chi connectivity index (χ0) is 11.6. The Bertz CT molecular complexity index is 217. The van der Waals surface area contributed by atoms with Gasteiger partial charge in [-0.05, 0) is 50.6 Å². The summed E-state index contributed by atoms with van der Waals surface area (Å²) in [6.45, 7) is 8.74. The maximum Gasteiger partial charge on any atom is 0.0114 e. The largest absolute Gasteiger partial charge is 0.317 e. The number of hydrogen-bond donors (Lipinski definition) is 1. The molecule has 2 rings (SSSR count). The number of piperidine rings is 1. The molecule has 0 bridgehead atoms. The van der Waals surface area contributed by atoms with Gasteiger partial charge in [0.25, 0.3) is 0 Å². The number of hydrogen-bond acceptors (Lipinski definition) is 2. The van der Waals surface area contributed by atoms with E-state index in [1.165, 1.54) is 51.7 Å². The second kappa shape index (κ2) is 5.05. The van der Waals surface area contributed by atoms with Gasteiger partial charge in [0.2, 0.25) is 0 Å². The molecule has 0 radical (unpaired) electrons. The summed E-state index contributed by atoms with van der Waals surface area (Å²) in [7, 11) is 2.11. The van der Waals surface area contributed by atoms with Crippen molar-refractivity contribution >= 4 is 0 Å². The lowest BCUT2D eigenvalue weighted by Gasteiger charge is -2.47. The molecule has 1 aliphatic heterocycles. The SMILES string of the molecule is CCC1(CN2CCC(NC)C(C)C2)CCC1. The van der Waals surface area contributed by atoms with E-state index in [1.807, 2.05) is 0 Å². The van der Waals surface area contributed by atoms with Gasteiger partial charge in [0.15, 0.2) is 0 Å². The minimum Gasteiger partial charge on any atom is -0.317 e. The quantitative estimate of drug-likeness (QED) is 0.789. The highest BCUT2D eigenvalue weighted by atomic mass is 15.2. The van der Waals surface area contributed by atoms with Gasteiger partial charge in [-0.1, -0.05) is 20.3 Å². The van der Waals surface area contributed by atoms with Crippen LogP contribution in [0.25, 0.3) is 0 Å². The molecule has 1 N–H and O–H groups in total. The topological polar surface area (TPSA) is 15.3 Å². The van der Waals surface area contributed by atoms with Crippen molar-refractivity contribution in [2.45, 2.75) is 52.0 Å². The summed E-state index contributed by atoms with van der Waals surface area (Å²) < 4.78 is 0. The Morgan fingerprint density at radius 3 is 2.56 bits per heavy atom. The van der Waals surface area contributed by atoms with Crippen molar-refractivity contribution in [2.24, 2.45) is 11.3 Å². The van der Waals surface area contributed by atoms with Crippen LogP contribution in [0.2, 0.25) is 0 Å². The summed E-state index contributed by atoms with van der Waals surface area (Å²) in [5.41, 5.74) is 0.701. The molecule has 2 heteroatoms. The van der Waals surface area contributed by atoms with Crippen molar-refractivity contribution in [1.29, 1.82) is 0 Å². The highest BCUT2D eigenvalue weighted by Gasteiger charge is 2.38. The van der Waals surface area contributed by atoms with Gasteiger partial charge in [0.1, 0.15) is 0 Å². The molecule has 2 unspecified atom stereocenters. The van der Waals surface area contributed by atoms with Crippen molar-refractivity contribution in [3.63, 3.8) is 0 Å². The Balaban J connectivity index is 1.83. The number of nitrogens with one attached hydrogen (secondary N) is 1. The highest BCUT2D eigenvalue weighted by Crippen LogP contribution is 2.44. The molecule has 0 amide bonds. The van der Waals surface area contributed by atoms with Crippen LogP contribution in [0, 0.1) is 11.3 Å². The molecule has 1 aliphatic carbocycles. The van der Waals surface area contributed by atoms with Crippen LogP contribution in [-0.2, 0) is 0 Å². The lowest BCUT2D eigenvalue weighted by molar-refractivity contribution is 0.0360. The van der Waals surface area contributed by atoms with Gasteiger partial charge in [-0.2, -0.15) is 0 Å². The molecular weight excluding hydrogens is 196 g/mol. The van der Waals surface area contributed by atoms with Crippen LogP contribution in [0.5, 0.6) is 0 Å². The highest BCUT2D eigenvalue weighted by molar-refractivity contribution is 4.91. The number of nitrogens with zero attached hydrogens (tertiary/aromatic N) is 1. The number of likely N-dealkylation sites (tertiary alicyclic amines) is 1. The molecule has 1 saturated heterocycles. The van der Waals surface area contributed by atoms with Gasteiger partial charge in [-0.3, -0.25) is 0 Å². The van der Waals surface area contributed by atoms with E-state index in [9.17, 15) is 0 Å². The lowest BCUT2D eigenvalue weighted by atomic mass is 9.66. The molecule has 2 atom stereocenters. The molecule has 1 saturated carbocycles. The Labute approximate surface area is 101 Å². The van der Waals surface area contributed by atoms with Gasteiger partial charge in [0.05, 0.1) is 0 Å². The summed E-state index contributed by atoms with van der Waals surface area (Å²) in [4.78, 5) is 2.72. The molecule has 1 heterocycles. The van der Waals surface area contributed by atoms with E-state index in [1.54, 1.807) is 0 Å². The monoisotopic (exact) mass is 224 g/mol. The molecule has 0 aromatic carbocycles. The molecule has 2 aliphatic rings. The molecule has 0 spiro atoms. The number of rotatable bonds is 4. The second-order valence-electron chi connectivity index (χ2n) is 6.10. The first-order chi connectivity index (χ1) is 7.69. The average molecular weight is 224 g/mol. The minimum absolute atomic E-state index is 0.701. The Hall–Kier alpha value is -0.0800. The van der Waals surface area contributed by atoms with Crippen molar-refractivity contribution in [3.8, 4) is 0 Å². The van der Waals surface area contributed by atoms with Crippen molar-refractivity contribution in [3.05, 3.63) is 0 Å². The first-order valence-corrected chi connectivity index (χ1v) is 7.09. The lowest BCUT2D eigenvalue weighted by Crippen LogP contribution is -2.51. The third-order valence-electron chi connectivity index (χ3n) is 5.08. The Kier molecular flexibility index (Phi) is 3.91. The fourth-order valence-corrected chi connectivity index (χ4v) is 3.58. The molecule has 16 heavy (non-hydrogen) atoms. The van der Waals surface area contributed by atoms with E-state index >= 15 is 0 Å². The van der Waals surface area contributed by atoms with Gasteiger partial charge in [0, 0.05) is 19.1 Å².